The van der Waals surface area contributed by atoms with E-state index in [4.69, 9.17) is 0 Å². The summed E-state index contributed by atoms with van der Waals surface area (Å²) in [6.45, 7) is 2.72. The Labute approximate surface area is 192 Å². The zero-order valence-corrected chi connectivity index (χ0v) is 18.4. The van der Waals surface area contributed by atoms with E-state index in [2.05, 4.69) is 17.6 Å². The summed E-state index contributed by atoms with van der Waals surface area (Å²) in [5, 5.41) is 5.74. The van der Waals surface area contributed by atoms with Gasteiger partial charge in [-0.05, 0) is 72.9 Å². The number of para-hydroxylation sites is 1. The number of carbonyl (C=O) groups excluding carboxylic acids is 3. The second-order valence-electron chi connectivity index (χ2n) is 8.76. The van der Waals surface area contributed by atoms with Crippen molar-refractivity contribution in [2.45, 2.75) is 19.8 Å². The molecule has 2 unspecified atom stereocenters. The SMILES string of the molecule is CC1CC1C(=O)Nc1cccc(C(=O)Nc2ccc(C(=O)N3CCc4ccccc43)cc2)c1. The zero-order chi connectivity index (χ0) is 22.9. The third-order valence-corrected chi connectivity index (χ3v) is 6.36. The monoisotopic (exact) mass is 439 g/mol. The van der Waals surface area contributed by atoms with Gasteiger partial charge in [0.05, 0.1) is 0 Å². The third kappa shape index (κ3) is 4.37. The van der Waals surface area contributed by atoms with E-state index in [9.17, 15) is 14.4 Å². The Kier molecular flexibility index (Phi) is 5.42. The minimum absolute atomic E-state index is 0.000870. The van der Waals surface area contributed by atoms with Gasteiger partial charge >= 0.3 is 0 Å². The molecule has 1 aliphatic heterocycles. The summed E-state index contributed by atoms with van der Waals surface area (Å²) in [6, 6.07) is 21.8. The number of nitrogens with zero attached hydrogens (tertiary/aromatic N) is 1. The second-order valence-corrected chi connectivity index (χ2v) is 8.76. The molecule has 2 aliphatic rings. The molecule has 6 heteroatoms. The van der Waals surface area contributed by atoms with Crippen molar-refractivity contribution < 1.29 is 14.4 Å². The van der Waals surface area contributed by atoms with Crippen LogP contribution in [0.2, 0.25) is 0 Å². The highest BCUT2D eigenvalue weighted by atomic mass is 16.2. The Morgan fingerprint density at radius 2 is 1.61 bits per heavy atom. The fraction of sp³-hybridized carbons (Fsp3) is 0.222. The molecule has 0 saturated heterocycles. The summed E-state index contributed by atoms with van der Waals surface area (Å²) >= 11 is 0. The number of hydrogen-bond donors (Lipinski definition) is 2. The maximum atomic E-state index is 13.0. The zero-order valence-electron chi connectivity index (χ0n) is 18.4. The van der Waals surface area contributed by atoms with Crippen molar-refractivity contribution >= 4 is 34.8 Å². The highest BCUT2D eigenvalue weighted by Crippen LogP contribution is 2.38. The number of carbonyl (C=O) groups is 3. The van der Waals surface area contributed by atoms with Gasteiger partial charge in [-0.1, -0.05) is 31.2 Å². The Balaban J connectivity index is 1.23. The van der Waals surface area contributed by atoms with Crippen LogP contribution in [-0.4, -0.2) is 24.3 Å². The molecule has 0 aromatic heterocycles. The molecule has 6 nitrogen and oxygen atoms in total. The van der Waals surface area contributed by atoms with Gasteiger partial charge in [0.15, 0.2) is 0 Å². The van der Waals surface area contributed by atoms with Crippen molar-refractivity contribution in [3.05, 3.63) is 89.5 Å². The van der Waals surface area contributed by atoms with E-state index in [0.29, 0.717) is 35.0 Å². The Morgan fingerprint density at radius 3 is 2.36 bits per heavy atom. The maximum absolute atomic E-state index is 13.0. The Bertz CT molecular complexity index is 1240. The van der Waals surface area contributed by atoms with E-state index < -0.39 is 0 Å². The van der Waals surface area contributed by atoms with Crippen LogP contribution in [-0.2, 0) is 11.2 Å². The van der Waals surface area contributed by atoms with Crippen LogP contribution in [0.15, 0.2) is 72.8 Å². The number of fused-ring (bicyclic) bond motifs is 1. The third-order valence-electron chi connectivity index (χ3n) is 6.36. The topological polar surface area (TPSA) is 78.5 Å². The normalized spacial score (nSPS) is 18.4. The molecule has 166 valence electrons. The van der Waals surface area contributed by atoms with E-state index in [1.54, 1.807) is 53.4 Å². The fourth-order valence-electron chi connectivity index (χ4n) is 4.27. The number of hydrogen-bond acceptors (Lipinski definition) is 3. The van der Waals surface area contributed by atoms with Crippen LogP contribution in [0, 0.1) is 11.8 Å². The first-order valence-corrected chi connectivity index (χ1v) is 11.2. The van der Waals surface area contributed by atoms with Crippen molar-refractivity contribution in [1.29, 1.82) is 0 Å². The molecule has 5 rings (SSSR count). The maximum Gasteiger partial charge on any atom is 0.258 e. The largest absolute Gasteiger partial charge is 0.326 e. The molecule has 3 aromatic rings. The van der Waals surface area contributed by atoms with Gasteiger partial charge in [0.25, 0.3) is 11.8 Å². The van der Waals surface area contributed by atoms with Crippen LogP contribution < -0.4 is 15.5 Å². The van der Waals surface area contributed by atoms with Gasteiger partial charge in [0.2, 0.25) is 5.91 Å². The smallest absolute Gasteiger partial charge is 0.258 e. The first-order valence-electron chi connectivity index (χ1n) is 11.2. The van der Waals surface area contributed by atoms with Crippen LogP contribution in [0.3, 0.4) is 0 Å². The minimum atomic E-state index is -0.279. The van der Waals surface area contributed by atoms with Crippen LogP contribution in [0.25, 0.3) is 0 Å². The van der Waals surface area contributed by atoms with E-state index in [1.807, 2.05) is 24.3 Å². The molecule has 0 bridgehead atoms. The molecule has 3 aromatic carbocycles. The summed E-state index contributed by atoms with van der Waals surface area (Å²) < 4.78 is 0. The lowest BCUT2D eigenvalue weighted by Gasteiger charge is -2.17. The summed E-state index contributed by atoms with van der Waals surface area (Å²) in [6.07, 6.45) is 1.77. The first kappa shape index (κ1) is 20.9. The van der Waals surface area contributed by atoms with E-state index in [0.717, 1.165) is 18.5 Å². The predicted octanol–water partition coefficient (Wildman–Crippen LogP) is 4.74. The van der Waals surface area contributed by atoms with Crippen LogP contribution in [0.4, 0.5) is 17.1 Å². The van der Waals surface area contributed by atoms with E-state index in [1.165, 1.54) is 5.56 Å². The lowest BCUT2D eigenvalue weighted by Crippen LogP contribution is -2.28. The lowest BCUT2D eigenvalue weighted by atomic mass is 10.1. The molecule has 0 spiro atoms. The van der Waals surface area contributed by atoms with Gasteiger partial charge in [0.1, 0.15) is 0 Å². The first-order chi connectivity index (χ1) is 16.0. The van der Waals surface area contributed by atoms with Gasteiger partial charge in [0, 0.05) is 40.7 Å². The minimum Gasteiger partial charge on any atom is -0.326 e. The van der Waals surface area contributed by atoms with Gasteiger partial charge in [-0.25, -0.2) is 0 Å². The van der Waals surface area contributed by atoms with Gasteiger partial charge in [-0.15, -0.1) is 0 Å². The highest BCUT2D eigenvalue weighted by Gasteiger charge is 2.39. The quantitative estimate of drug-likeness (QED) is 0.603. The number of benzene rings is 3. The van der Waals surface area contributed by atoms with Crippen LogP contribution in [0.1, 0.15) is 39.6 Å². The summed E-state index contributed by atoms with van der Waals surface area (Å²) in [4.78, 5) is 39.6. The number of nitrogens with one attached hydrogen (secondary N) is 2. The molecule has 1 aliphatic carbocycles. The highest BCUT2D eigenvalue weighted by molar-refractivity contribution is 6.08. The van der Waals surface area contributed by atoms with Crippen molar-refractivity contribution in [1.82, 2.24) is 0 Å². The molecule has 0 radical (unpaired) electrons. The summed E-state index contributed by atoms with van der Waals surface area (Å²) in [5.41, 5.74) is 4.37. The standard InChI is InChI=1S/C27H25N3O3/c1-17-15-23(17)26(32)29-22-7-4-6-20(16-22)25(31)28-21-11-9-19(10-12-21)27(33)30-14-13-18-5-2-3-8-24(18)30/h2-12,16-17,23H,13-15H2,1H3,(H,28,31)(H,29,32). The summed E-state index contributed by atoms with van der Waals surface area (Å²) in [5.74, 6) is 0.162. The second kappa shape index (κ2) is 8.54. The summed E-state index contributed by atoms with van der Waals surface area (Å²) in [7, 11) is 0. The van der Waals surface area contributed by atoms with Crippen molar-refractivity contribution in [3.8, 4) is 0 Å². The number of anilines is 3. The van der Waals surface area contributed by atoms with Gasteiger partial charge in [-0.2, -0.15) is 0 Å². The average molecular weight is 440 g/mol. The lowest BCUT2D eigenvalue weighted by molar-refractivity contribution is -0.117. The molecule has 1 saturated carbocycles. The Hall–Kier alpha value is -3.93. The predicted molar refractivity (Wildman–Crippen MR) is 129 cm³/mol. The van der Waals surface area contributed by atoms with Crippen LogP contribution >= 0.6 is 0 Å². The molecular weight excluding hydrogens is 414 g/mol. The Morgan fingerprint density at radius 1 is 0.848 bits per heavy atom. The molecule has 1 heterocycles. The molecule has 3 amide bonds. The molecule has 33 heavy (non-hydrogen) atoms. The van der Waals surface area contributed by atoms with Crippen molar-refractivity contribution in [2.75, 3.05) is 22.1 Å². The molecular formula is C27H25N3O3. The van der Waals surface area contributed by atoms with E-state index in [-0.39, 0.29) is 23.6 Å². The fourth-order valence-corrected chi connectivity index (χ4v) is 4.27. The van der Waals surface area contributed by atoms with Crippen molar-refractivity contribution in [3.63, 3.8) is 0 Å². The van der Waals surface area contributed by atoms with E-state index >= 15 is 0 Å². The van der Waals surface area contributed by atoms with Crippen LogP contribution in [0.5, 0.6) is 0 Å². The number of rotatable bonds is 5. The molecule has 2 N–H and O–H groups in total. The average Bonchev–Trinajstić information content (AvgIpc) is 3.42. The van der Waals surface area contributed by atoms with Crippen molar-refractivity contribution in [2.24, 2.45) is 11.8 Å². The van der Waals surface area contributed by atoms with Gasteiger partial charge in [-0.3, -0.25) is 14.4 Å². The van der Waals surface area contributed by atoms with Gasteiger partial charge < -0.3 is 15.5 Å². The number of amides is 3. The molecule has 2 atom stereocenters. The molecule has 1 fully saturated rings.